The molecule has 25 heavy (non-hydrogen) atoms. The maximum Gasteiger partial charge on any atom is 0.133 e. The van der Waals surface area contributed by atoms with Crippen LogP contribution in [0.25, 0.3) is 0 Å². The molecule has 0 aromatic rings. The van der Waals surface area contributed by atoms with Crippen LogP contribution in [0.15, 0.2) is 0 Å². The highest BCUT2D eigenvalue weighted by Crippen LogP contribution is 2.69. The van der Waals surface area contributed by atoms with Gasteiger partial charge in [-0.25, -0.2) is 0 Å². The Hall–Kier alpha value is -0.370. The molecule has 0 aliphatic heterocycles. The number of aliphatic hydroxyl groups is 1. The van der Waals surface area contributed by atoms with E-state index in [0.29, 0.717) is 23.0 Å². The largest absolute Gasteiger partial charge is 0.390 e. The Morgan fingerprint density at radius 3 is 2.32 bits per heavy atom. The minimum absolute atomic E-state index is 0.255. The Morgan fingerprint density at radius 1 is 0.960 bits per heavy atom. The molecule has 0 aromatic heterocycles. The third-order valence-electron chi connectivity index (χ3n) is 9.80. The standard InChI is InChI=1S/C23H38O2/c1-14-12-16-13-21(3,25)10-11-22(16,4)19-8-9-23(5)17(15(2)24)6-7-18(23)20(14)19/h14,16-20,25H,6-13H2,1-5H3/t14-,16+,17-,18+,19+,20+,21-,22+,23-/m1/s1. The van der Waals surface area contributed by atoms with Crippen molar-refractivity contribution >= 4 is 5.78 Å². The van der Waals surface area contributed by atoms with Gasteiger partial charge in [-0.1, -0.05) is 20.8 Å². The molecule has 142 valence electrons. The van der Waals surface area contributed by atoms with Crippen LogP contribution in [0.3, 0.4) is 0 Å². The van der Waals surface area contributed by atoms with Gasteiger partial charge in [0.15, 0.2) is 0 Å². The molecule has 1 N–H and O–H groups in total. The van der Waals surface area contributed by atoms with Crippen LogP contribution in [0.5, 0.6) is 0 Å². The Balaban J connectivity index is 1.66. The first kappa shape index (κ1) is 18.0. The quantitative estimate of drug-likeness (QED) is 0.706. The van der Waals surface area contributed by atoms with Crippen LogP contribution < -0.4 is 0 Å². The molecule has 4 saturated carbocycles. The van der Waals surface area contributed by atoms with E-state index in [1.807, 2.05) is 6.92 Å². The van der Waals surface area contributed by atoms with Crippen LogP contribution in [0, 0.1) is 46.3 Å². The van der Waals surface area contributed by atoms with Crippen molar-refractivity contribution in [3.05, 3.63) is 0 Å². The van der Waals surface area contributed by atoms with Crippen molar-refractivity contribution in [1.82, 2.24) is 0 Å². The van der Waals surface area contributed by atoms with Crippen LogP contribution in [-0.2, 0) is 4.79 Å². The summed E-state index contributed by atoms with van der Waals surface area (Å²) in [5.74, 6) is 4.52. The molecule has 2 heteroatoms. The number of hydrogen-bond acceptors (Lipinski definition) is 2. The summed E-state index contributed by atoms with van der Waals surface area (Å²) in [5.41, 5.74) is 0.215. The first-order valence-corrected chi connectivity index (χ1v) is 10.8. The van der Waals surface area contributed by atoms with Crippen molar-refractivity contribution in [1.29, 1.82) is 0 Å². The average Bonchev–Trinajstić information content (AvgIpc) is 2.86. The summed E-state index contributed by atoms with van der Waals surface area (Å²) in [6, 6.07) is 0. The third kappa shape index (κ3) is 2.49. The van der Waals surface area contributed by atoms with Gasteiger partial charge in [-0.2, -0.15) is 0 Å². The third-order valence-corrected chi connectivity index (χ3v) is 9.80. The molecule has 0 amide bonds. The van der Waals surface area contributed by atoms with E-state index in [2.05, 4.69) is 27.7 Å². The minimum Gasteiger partial charge on any atom is -0.390 e. The summed E-state index contributed by atoms with van der Waals surface area (Å²) >= 11 is 0. The maximum atomic E-state index is 12.3. The molecular weight excluding hydrogens is 308 g/mol. The van der Waals surface area contributed by atoms with Crippen LogP contribution in [0.2, 0.25) is 0 Å². The van der Waals surface area contributed by atoms with E-state index < -0.39 is 5.60 Å². The highest BCUT2D eigenvalue weighted by atomic mass is 16.3. The van der Waals surface area contributed by atoms with E-state index >= 15 is 0 Å². The van der Waals surface area contributed by atoms with Crippen LogP contribution in [0.4, 0.5) is 0 Å². The summed E-state index contributed by atoms with van der Waals surface area (Å²) in [4.78, 5) is 12.3. The van der Waals surface area contributed by atoms with Gasteiger partial charge in [-0.15, -0.1) is 0 Å². The zero-order chi connectivity index (χ0) is 18.2. The molecule has 4 rings (SSSR count). The number of rotatable bonds is 1. The summed E-state index contributed by atoms with van der Waals surface area (Å²) < 4.78 is 0. The lowest BCUT2D eigenvalue weighted by atomic mass is 9.42. The zero-order valence-corrected chi connectivity index (χ0v) is 17.0. The topological polar surface area (TPSA) is 37.3 Å². The predicted octanol–water partition coefficient (Wildman–Crippen LogP) is 5.23. The SMILES string of the molecule is CC(=O)[C@H]1CC[C@H]2[C@@H]3[C@H](C)C[C@H]4C[C@](C)(O)CC[C@]4(C)[C@H]3CC[C@]12C. The number of carbonyl (C=O) groups is 1. The Morgan fingerprint density at radius 2 is 1.64 bits per heavy atom. The molecule has 4 aliphatic carbocycles. The van der Waals surface area contributed by atoms with E-state index in [9.17, 15) is 9.90 Å². The van der Waals surface area contributed by atoms with E-state index in [0.717, 1.165) is 42.9 Å². The van der Waals surface area contributed by atoms with Gasteiger partial charge >= 0.3 is 0 Å². The van der Waals surface area contributed by atoms with Gasteiger partial charge in [0, 0.05) is 5.92 Å². The number of hydrogen-bond donors (Lipinski definition) is 1. The normalized spacial score (nSPS) is 58.2. The summed E-state index contributed by atoms with van der Waals surface area (Å²) in [5, 5.41) is 10.7. The lowest BCUT2D eigenvalue weighted by molar-refractivity contribution is -0.165. The lowest BCUT2D eigenvalue weighted by Crippen LogP contribution is -2.57. The second-order valence-electron chi connectivity index (χ2n) is 11.2. The van der Waals surface area contributed by atoms with Gasteiger partial charge in [-0.05, 0) is 106 Å². The van der Waals surface area contributed by atoms with Crippen LogP contribution >= 0.6 is 0 Å². The molecule has 4 fully saturated rings. The van der Waals surface area contributed by atoms with E-state index in [1.54, 1.807) is 0 Å². The van der Waals surface area contributed by atoms with Crippen molar-refractivity contribution in [3.8, 4) is 0 Å². The molecule has 0 saturated heterocycles. The van der Waals surface area contributed by atoms with Gasteiger partial charge < -0.3 is 5.11 Å². The van der Waals surface area contributed by atoms with Crippen LogP contribution in [0.1, 0.15) is 86.0 Å². The Kier molecular flexibility index (Phi) is 4.01. The summed E-state index contributed by atoms with van der Waals surface area (Å²) in [6.45, 7) is 11.4. The van der Waals surface area contributed by atoms with E-state index in [4.69, 9.17) is 0 Å². The molecule has 4 aliphatic rings. The number of fused-ring (bicyclic) bond motifs is 5. The molecule has 0 spiro atoms. The molecule has 0 radical (unpaired) electrons. The second-order valence-corrected chi connectivity index (χ2v) is 11.2. The van der Waals surface area contributed by atoms with Crippen molar-refractivity contribution in [3.63, 3.8) is 0 Å². The summed E-state index contributed by atoms with van der Waals surface area (Å²) in [6.07, 6.45) is 9.38. The Labute approximate surface area is 154 Å². The fourth-order valence-electron chi connectivity index (χ4n) is 8.48. The molecule has 0 aromatic carbocycles. The zero-order valence-electron chi connectivity index (χ0n) is 17.0. The van der Waals surface area contributed by atoms with Crippen molar-refractivity contribution < 1.29 is 9.90 Å². The highest BCUT2D eigenvalue weighted by Gasteiger charge is 2.62. The molecule has 0 heterocycles. The molecular formula is C23H38O2. The molecule has 0 unspecified atom stereocenters. The van der Waals surface area contributed by atoms with E-state index in [-0.39, 0.29) is 5.41 Å². The summed E-state index contributed by atoms with van der Waals surface area (Å²) in [7, 11) is 0. The first-order valence-electron chi connectivity index (χ1n) is 10.8. The first-order chi connectivity index (χ1) is 11.6. The number of carbonyl (C=O) groups excluding carboxylic acids is 1. The Bertz CT molecular complexity index is 566. The van der Waals surface area contributed by atoms with Gasteiger partial charge in [0.25, 0.3) is 0 Å². The molecule has 2 nitrogen and oxygen atoms in total. The molecule has 9 atom stereocenters. The fourth-order valence-corrected chi connectivity index (χ4v) is 8.48. The minimum atomic E-state index is -0.451. The van der Waals surface area contributed by atoms with Crippen molar-refractivity contribution in [2.24, 2.45) is 46.3 Å². The highest BCUT2D eigenvalue weighted by molar-refractivity contribution is 5.79. The molecule has 0 bridgehead atoms. The average molecular weight is 347 g/mol. The fraction of sp³-hybridized carbons (Fsp3) is 0.957. The predicted molar refractivity (Wildman–Crippen MR) is 101 cm³/mol. The number of Topliss-reactive ketones (excluding diaryl/α,β-unsaturated/α-hetero) is 1. The maximum absolute atomic E-state index is 12.3. The smallest absolute Gasteiger partial charge is 0.133 e. The second kappa shape index (κ2) is 5.57. The monoisotopic (exact) mass is 346 g/mol. The van der Waals surface area contributed by atoms with Crippen LogP contribution in [-0.4, -0.2) is 16.5 Å². The van der Waals surface area contributed by atoms with Gasteiger partial charge in [-0.3, -0.25) is 4.79 Å². The lowest BCUT2D eigenvalue weighted by Gasteiger charge is -2.63. The van der Waals surface area contributed by atoms with Gasteiger partial charge in [0.2, 0.25) is 0 Å². The van der Waals surface area contributed by atoms with Gasteiger partial charge in [0.1, 0.15) is 5.78 Å². The van der Waals surface area contributed by atoms with Crippen molar-refractivity contribution in [2.75, 3.05) is 0 Å². The van der Waals surface area contributed by atoms with E-state index in [1.165, 1.54) is 32.1 Å². The number of ketones is 1. The van der Waals surface area contributed by atoms with Gasteiger partial charge in [0.05, 0.1) is 5.60 Å². The van der Waals surface area contributed by atoms with Crippen molar-refractivity contribution in [2.45, 2.75) is 91.6 Å².